The van der Waals surface area contributed by atoms with E-state index in [-0.39, 0.29) is 5.91 Å². The van der Waals surface area contributed by atoms with Gasteiger partial charge in [-0.25, -0.2) is 0 Å². The van der Waals surface area contributed by atoms with E-state index in [9.17, 15) is 4.79 Å². The van der Waals surface area contributed by atoms with Crippen LogP contribution in [0.5, 0.6) is 0 Å². The maximum atomic E-state index is 12.0. The van der Waals surface area contributed by atoms with Crippen LogP contribution in [0.1, 0.15) is 59.8 Å². The van der Waals surface area contributed by atoms with Crippen molar-refractivity contribution in [3.05, 3.63) is 0 Å². The highest BCUT2D eigenvalue weighted by molar-refractivity contribution is 5.76. The minimum absolute atomic E-state index is 0.235. The van der Waals surface area contributed by atoms with Gasteiger partial charge in [0.15, 0.2) is 0 Å². The summed E-state index contributed by atoms with van der Waals surface area (Å²) in [5, 5.41) is 6.57. The molecule has 0 aromatic heterocycles. The fraction of sp³-hybridized carbons (Fsp3) is 0.933. The van der Waals surface area contributed by atoms with Gasteiger partial charge in [-0.1, -0.05) is 27.7 Å². The number of nitrogens with one attached hydrogen (secondary N) is 2. The maximum absolute atomic E-state index is 12.0. The molecule has 1 aliphatic heterocycles. The third-order valence-electron chi connectivity index (χ3n) is 3.44. The molecule has 3 heteroatoms. The standard InChI is InChI=1S/C15H30N2O/c1-12(11-15(2,3)4)10-14(18)17-13-6-5-8-16-9-7-13/h12-13,16H,5-11H2,1-4H3,(H,17,18). The van der Waals surface area contributed by atoms with E-state index in [1.807, 2.05) is 0 Å². The molecule has 1 amide bonds. The molecule has 18 heavy (non-hydrogen) atoms. The summed E-state index contributed by atoms with van der Waals surface area (Å²) in [6, 6.07) is 0.384. The molecular formula is C15H30N2O. The first-order valence-electron chi connectivity index (χ1n) is 7.37. The molecule has 0 spiro atoms. The second-order valence-electron chi connectivity index (χ2n) is 7.02. The lowest BCUT2D eigenvalue weighted by molar-refractivity contribution is -0.122. The van der Waals surface area contributed by atoms with E-state index in [4.69, 9.17) is 0 Å². The Labute approximate surface area is 112 Å². The molecule has 106 valence electrons. The monoisotopic (exact) mass is 254 g/mol. The molecule has 2 N–H and O–H groups in total. The van der Waals surface area contributed by atoms with Crippen molar-refractivity contribution in [2.75, 3.05) is 13.1 Å². The zero-order chi connectivity index (χ0) is 13.6. The highest BCUT2D eigenvalue weighted by Crippen LogP contribution is 2.25. The van der Waals surface area contributed by atoms with Crippen molar-refractivity contribution in [1.29, 1.82) is 0 Å². The van der Waals surface area contributed by atoms with Crippen molar-refractivity contribution in [3.63, 3.8) is 0 Å². The van der Waals surface area contributed by atoms with Crippen LogP contribution >= 0.6 is 0 Å². The summed E-state index contributed by atoms with van der Waals surface area (Å²) >= 11 is 0. The average molecular weight is 254 g/mol. The molecule has 1 saturated heterocycles. The minimum atomic E-state index is 0.235. The number of carbonyl (C=O) groups excluding carboxylic acids is 1. The molecule has 1 fully saturated rings. The SMILES string of the molecule is CC(CC(=O)NC1CCCNCC1)CC(C)(C)C. The third-order valence-corrected chi connectivity index (χ3v) is 3.44. The lowest BCUT2D eigenvalue weighted by Crippen LogP contribution is -2.36. The van der Waals surface area contributed by atoms with E-state index in [1.54, 1.807) is 0 Å². The topological polar surface area (TPSA) is 41.1 Å². The van der Waals surface area contributed by atoms with Crippen molar-refractivity contribution < 1.29 is 4.79 Å². The van der Waals surface area contributed by atoms with E-state index < -0.39 is 0 Å². The van der Waals surface area contributed by atoms with E-state index in [2.05, 4.69) is 38.3 Å². The Morgan fingerprint density at radius 2 is 2.06 bits per heavy atom. The van der Waals surface area contributed by atoms with Crippen LogP contribution in [-0.2, 0) is 4.79 Å². The Kier molecular flexibility index (Phi) is 6.13. The van der Waals surface area contributed by atoms with Crippen LogP contribution in [0, 0.1) is 11.3 Å². The molecule has 2 unspecified atom stereocenters. The molecule has 1 heterocycles. The Hall–Kier alpha value is -0.570. The van der Waals surface area contributed by atoms with Gasteiger partial charge in [-0.05, 0) is 50.1 Å². The molecular weight excluding hydrogens is 224 g/mol. The Morgan fingerprint density at radius 3 is 2.72 bits per heavy atom. The summed E-state index contributed by atoms with van der Waals surface area (Å²) in [7, 11) is 0. The van der Waals surface area contributed by atoms with Gasteiger partial charge >= 0.3 is 0 Å². The second kappa shape index (κ2) is 7.13. The van der Waals surface area contributed by atoms with Gasteiger partial charge in [-0.3, -0.25) is 4.79 Å². The van der Waals surface area contributed by atoms with Gasteiger partial charge in [0.05, 0.1) is 0 Å². The van der Waals surface area contributed by atoms with Crippen molar-refractivity contribution in [2.45, 2.75) is 65.8 Å². The molecule has 2 atom stereocenters. The predicted octanol–water partition coefficient (Wildman–Crippen LogP) is 2.71. The molecule has 0 aromatic rings. The average Bonchev–Trinajstić information content (AvgIpc) is 2.42. The van der Waals surface area contributed by atoms with E-state index in [0.717, 1.165) is 32.4 Å². The molecule has 0 saturated carbocycles. The molecule has 1 aliphatic rings. The Balaban J connectivity index is 2.27. The summed E-state index contributed by atoms with van der Waals surface area (Å²) in [5.41, 5.74) is 0.311. The highest BCUT2D eigenvalue weighted by Gasteiger charge is 2.19. The van der Waals surface area contributed by atoms with Gasteiger partial charge in [0.1, 0.15) is 0 Å². The highest BCUT2D eigenvalue weighted by atomic mass is 16.1. The zero-order valence-corrected chi connectivity index (χ0v) is 12.5. The van der Waals surface area contributed by atoms with Gasteiger partial charge < -0.3 is 10.6 Å². The van der Waals surface area contributed by atoms with Gasteiger partial charge in [0.2, 0.25) is 5.91 Å². The van der Waals surface area contributed by atoms with Gasteiger partial charge in [0, 0.05) is 12.5 Å². The first kappa shape index (κ1) is 15.5. The van der Waals surface area contributed by atoms with Crippen LogP contribution in [0.2, 0.25) is 0 Å². The van der Waals surface area contributed by atoms with Crippen molar-refractivity contribution in [3.8, 4) is 0 Å². The Bertz CT molecular complexity index is 250. The van der Waals surface area contributed by atoms with Crippen molar-refractivity contribution in [1.82, 2.24) is 10.6 Å². The van der Waals surface area contributed by atoms with Crippen LogP contribution in [-0.4, -0.2) is 25.0 Å². The first-order chi connectivity index (χ1) is 8.37. The predicted molar refractivity (Wildman–Crippen MR) is 76.5 cm³/mol. The summed E-state index contributed by atoms with van der Waals surface area (Å²) in [4.78, 5) is 12.0. The van der Waals surface area contributed by atoms with Crippen LogP contribution in [0.4, 0.5) is 0 Å². The van der Waals surface area contributed by atoms with E-state index in [1.165, 1.54) is 6.42 Å². The fourth-order valence-electron chi connectivity index (χ4n) is 2.88. The number of carbonyl (C=O) groups is 1. The normalized spacial score (nSPS) is 23.2. The quantitative estimate of drug-likeness (QED) is 0.810. The van der Waals surface area contributed by atoms with Gasteiger partial charge in [-0.2, -0.15) is 0 Å². The smallest absolute Gasteiger partial charge is 0.220 e. The third kappa shape index (κ3) is 7.00. The molecule has 0 aliphatic carbocycles. The number of hydrogen-bond donors (Lipinski definition) is 2. The largest absolute Gasteiger partial charge is 0.353 e. The second-order valence-corrected chi connectivity index (χ2v) is 7.02. The molecule has 1 rings (SSSR count). The lowest BCUT2D eigenvalue weighted by atomic mass is 9.84. The van der Waals surface area contributed by atoms with Crippen molar-refractivity contribution >= 4 is 5.91 Å². The Morgan fingerprint density at radius 1 is 1.33 bits per heavy atom. The summed E-state index contributed by atoms with van der Waals surface area (Å²) in [5.74, 6) is 0.701. The molecule has 3 nitrogen and oxygen atoms in total. The van der Waals surface area contributed by atoms with Crippen LogP contribution in [0.15, 0.2) is 0 Å². The van der Waals surface area contributed by atoms with Crippen LogP contribution < -0.4 is 10.6 Å². The molecule has 0 bridgehead atoms. The lowest BCUT2D eigenvalue weighted by Gasteiger charge is -2.24. The number of amides is 1. The number of rotatable bonds is 4. The van der Waals surface area contributed by atoms with E-state index in [0.29, 0.717) is 23.8 Å². The maximum Gasteiger partial charge on any atom is 0.220 e. The van der Waals surface area contributed by atoms with Crippen molar-refractivity contribution in [2.24, 2.45) is 11.3 Å². The molecule has 0 radical (unpaired) electrons. The van der Waals surface area contributed by atoms with Crippen LogP contribution in [0.25, 0.3) is 0 Å². The zero-order valence-electron chi connectivity index (χ0n) is 12.5. The summed E-state index contributed by atoms with van der Waals surface area (Å²) in [6.07, 6.45) is 5.13. The van der Waals surface area contributed by atoms with E-state index >= 15 is 0 Å². The van der Waals surface area contributed by atoms with Gasteiger partial charge in [-0.15, -0.1) is 0 Å². The fourth-order valence-corrected chi connectivity index (χ4v) is 2.88. The van der Waals surface area contributed by atoms with Crippen LogP contribution in [0.3, 0.4) is 0 Å². The first-order valence-corrected chi connectivity index (χ1v) is 7.37. The minimum Gasteiger partial charge on any atom is -0.353 e. The number of hydrogen-bond acceptors (Lipinski definition) is 2. The summed E-state index contributed by atoms with van der Waals surface area (Å²) in [6.45, 7) is 11.0. The molecule has 0 aromatic carbocycles. The van der Waals surface area contributed by atoms with Gasteiger partial charge in [0.25, 0.3) is 0 Å². The summed E-state index contributed by atoms with van der Waals surface area (Å²) < 4.78 is 0.